The normalized spacial score (nSPS) is 12.5. The molecule has 0 aliphatic rings. The third-order valence-electron chi connectivity index (χ3n) is 3.33. The van der Waals surface area contributed by atoms with E-state index in [1.807, 2.05) is 17.7 Å². The summed E-state index contributed by atoms with van der Waals surface area (Å²) in [6.07, 6.45) is 5.00. The van der Waals surface area contributed by atoms with E-state index < -0.39 is 0 Å². The second-order valence-electron chi connectivity index (χ2n) is 4.75. The fourth-order valence-electron chi connectivity index (χ4n) is 2.30. The van der Waals surface area contributed by atoms with Gasteiger partial charge in [0, 0.05) is 16.9 Å². The van der Waals surface area contributed by atoms with E-state index in [0.717, 1.165) is 21.2 Å². The van der Waals surface area contributed by atoms with Crippen LogP contribution in [0.4, 0.5) is 0 Å². The van der Waals surface area contributed by atoms with Crippen LogP contribution in [-0.4, -0.2) is 19.7 Å². The topological polar surface area (TPSA) is 43.6 Å². The van der Waals surface area contributed by atoms with E-state index in [2.05, 4.69) is 37.6 Å². The Morgan fingerprint density at radius 1 is 1.27 bits per heavy atom. The molecule has 0 aromatic carbocycles. The quantitative estimate of drug-likeness (QED) is 0.613. The van der Waals surface area contributed by atoms with E-state index in [1.165, 1.54) is 0 Å². The largest absolute Gasteiger partial charge is 0.256 e. The zero-order valence-electron chi connectivity index (χ0n) is 11.6. The summed E-state index contributed by atoms with van der Waals surface area (Å²) in [7, 11) is 0. The summed E-state index contributed by atoms with van der Waals surface area (Å²) in [6.45, 7) is 5.77. The predicted octanol–water partition coefficient (Wildman–Crippen LogP) is 5.15. The first-order chi connectivity index (χ1) is 10.5. The molecule has 3 rings (SSSR count). The Labute approximate surface area is 145 Å². The van der Waals surface area contributed by atoms with Crippen LogP contribution < -0.4 is 0 Å². The zero-order chi connectivity index (χ0) is 15.9. The minimum absolute atomic E-state index is 0.169. The minimum Gasteiger partial charge on any atom is -0.256 e. The van der Waals surface area contributed by atoms with E-state index in [0.29, 0.717) is 15.7 Å². The second kappa shape index (κ2) is 5.99. The summed E-state index contributed by atoms with van der Waals surface area (Å²) in [5, 5.41) is 5.58. The summed E-state index contributed by atoms with van der Waals surface area (Å²) in [5.74, 6) is 0. The number of pyridine rings is 2. The fourth-order valence-corrected chi connectivity index (χ4v) is 3.16. The Morgan fingerprint density at radius 3 is 2.73 bits per heavy atom. The smallest absolute Gasteiger partial charge is 0.116 e. The van der Waals surface area contributed by atoms with Crippen molar-refractivity contribution in [1.29, 1.82) is 0 Å². The maximum Gasteiger partial charge on any atom is 0.116 e. The second-order valence-corrected chi connectivity index (χ2v) is 6.51. The van der Waals surface area contributed by atoms with Gasteiger partial charge >= 0.3 is 0 Å². The molecule has 22 heavy (non-hydrogen) atoms. The minimum atomic E-state index is -0.169. The lowest BCUT2D eigenvalue weighted by atomic mass is 10.2. The molecule has 0 aliphatic heterocycles. The lowest BCUT2D eigenvalue weighted by molar-refractivity contribution is 0.569. The first-order valence-corrected chi connectivity index (χ1v) is 8.03. The number of nitrogens with zero attached hydrogens (tertiary/aromatic N) is 4. The molecule has 0 unspecified atom stereocenters. The Kier molecular flexibility index (Phi) is 4.21. The van der Waals surface area contributed by atoms with Crippen molar-refractivity contribution in [3.63, 3.8) is 0 Å². The van der Waals surface area contributed by atoms with Gasteiger partial charge in [-0.3, -0.25) is 14.6 Å². The van der Waals surface area contributed by atoms with E-state index in [9.17, 15) is 0 Å². The molecule has 0 saturated carbocycles. The molecule has 0 N–H and O–H groups in total. The van der Waals surface area contributed by atoms with E-state index >= 15 is 0 Å². The SMILES string of the molecule is C=Cc1nn([C@H](C)c2ncc(Cl)cc2Cl)c2cc(Br)cnc12. The average molecular weight is 398 g/mol. The van der Waals surface area contributed by atoms with Crippen LogP contribution in [-0.2, 0) is 0 Å². The molecule has 112 valence electrons. The molecule has 0 saturated heterocycles. The van der Waals surface area contributed by atoms with Crippen LogP contribution in [0.2, 0.25) is 10.0 Å². The highest BCUT2D eigenvalue weighted by Gasteiger charge is 2.19. The first-order valence-electron chi connectivity index (χ1n) is 6.48. The Morgan fingerprint density at radius 2 is 2.05 bits per heavy atom. The molecule has 4 nitrogen and oxygen atoms in total. The molecule has 0 radical (unpaired) electrons. The van der Waals surface area contributed by atoms with E-state index in [-0.39, 0.29) is 6.04 Å². The summed E-state index contributed by atoms with van der Waals surface area (Å²) >= 11 is 15.6. The highest BCUT2D eigenvalue weighted by Crippen LogP contribution is 2.30. The fraction of sp³-hybridized carbons (Fsp3) is 0.133. The predicted molar refractivity (Wildman–Crippen MR) is 93.4 cm³/mol. The van der Waals surface area contributed by atoms with Gasteiger partial charge in [0.1, 0.15) is 11.2 Å². The van der Waals surface area contributed by atoms with Gasteiger partial charge in [0.05, 0.1) is 27.3 Å². The maximum atomic E-state index is 6.26. The number of rotatable bonds is 3. The lowest BCUT2D eigenvalue weighted by Crippen LogP contribution is -2.11. The average Bonchev–Trinajstić information content (AvgIpc) is 2.84. The van der Waals surface area contributed by atoms with Crippen LogP contribution in [0.25, 0.3) is 17.1 Å². The van der Waals surface area contributed by atoms with Crippen LogP contribution in [0.15, 0.2) is 35.6 Å². The molecule has 0 amide bonds. The van der Waals surface area contributed by atoms with Gasteiger partial charge in [0.15, 0.2) is 0 Å². The van der Waals surface area contributed by atoms with Crippen LogP contribution >= 0.6 is 39.1 Å². The molecule has 0 spiro atoms. The van der Waals surface area contributed by atoms with Gasteiger partial charge in [-0.1, -0.05) is 29.8 Å². The van der Waals surface area contributed by atoms with E-state index in [4.69, 9.17) is 23.2 Å². The van der Waals surface area contributed by atoms with Crippen molar-refractivity contribution in [2.24, 2.45) is 0 Å². The summed E-state index contributed by atoms with van der Waals surface area (Å²) < 4.78 is 2.71. The van der Waals surface area contributed by atoms with Crippen molar-refractivity contribution in [3.8, 4) is 0 Å². The maximum absolute atomic E-state index is 6.26. The van der Waals surface area contributed by atoms with Crippen LogP contribution in [0, 0.1) is 0 Å². The Bertz CT molecular complexity index is 875. The van der Waals surface area contributed by atoms with Gasteiger partial charge in [-0.05, 0) is 41.1 Å². The zero-order valence-corrected chi connectivity index (χ0v) is 14.7. The Hall–Kier alpha value is -1.43. The van der Waals surface area contributed by atoms with Crippen molar-refractivity contribution >= 4 is 56.2 Å². The third-order valence-corrected chi connectivity index (χ3v) is 4.27. The highest BCUT2D eigenvalue weighted by molar-refractivity contribution is 9.10. The highest BCUT2D eigenvalue weighted by atomic mass is 79.9. The summed E-state index contributed by atoms with van der Waals surface area (Å²) in [6, 6.07) is 3.47. The van der Waals surface area contributed by atoms with Gasteiger partial charge in [-0.25, -0.2) is 0 Å². The molecular formula is C15H11BrCl2N4. The number of aromatic nitrogens is 4. The van der Waals surface area contributed by atoms with Crippen LogP contribution in [0.3, 0.4) is 0 Å². The number of fused-ring (bicyclic) bond motifs is 1. The molecule has 0 bridgehead atoms. The molecule has 3 heterocycles. The van der Waals surface area contributed by atoms with Crippen molar-refractivity contribution in [2.75, 3.05) is 0 Å². The van der Waals surface area contributed by atoms with Crippen molar-refractivity contribution < 1.29 is 0 Å². The summed E-state index contributed by atoms with van der Waals surface area (Å²) in [4.78, 5) is 8.74. The molecule has 3 aromatic rings. The van der Waals surface area contributed by atoms with Crippen LogP contribution in [0.1, 0.15) is 24.4 Å². The monoisotopic (exact) mass is 396 g/mol. The van der Waals surface area contributed by atoms with Gasteiger partial charge in [-0.2, -0.15) is 5.10 Å². The molecule has 3 aromatic heterocycles. The first kappa shape index (κ1) is 15.5. The van der Waals surface area contributed by atoms with Crippen LogP contribution in [0.5, 0.6) is 0 Å². The van der Waals surface area contributed by atoms with Crippen molar-refractivity contribution in [1.82, 2.24) is 19.7 Å². The molecule has 0 aliphatic carbocycles. The lowest BCUT2D eigenvalue weighted by Gasteiger charge is -2.14. The number of hydrogen-bond donors (Lipinski definition) is 0. The van der Waals surface area contributed by atoms with Gasteiger partial charge in [0.2, 0.25) is 0 Å². The number of hydrogen-bond acceptors (Lipinski definition) is 3. The van der Waals surface area contributed by atoms with Gasteiger partial charge in [0.25, 0.3) is 0 Å². The van der Waals surface area contributed by atoms with Gasteiger partial charge < -0.3 is 0 Å². The third kappa shape index (κ3) is 2.64. The van der Waals surface area contributed by atoms with Crippen molar-refractivity contribution in [2.45, 2.75) is 13.0 Å². The van der Waals surface area contributed by atoms with Crippen molar-refractivity contribution in [3.05, 3.63) is 57.0 Å². The van der Waals surface area contributed by atoms with Gasteiger partial charge in [-0.15, -0.1) is 0 Å². The number of halogens is 3. The Balaban J connectivity index is 2.20. The standard InChI is InChI=1S/C15H11BrCl2N4/c1-3-12-15-13(4-9(16)6-19-15)22(21-12)8(2)14-11(18)5-10(17)7-20-14/h3-8H,1H2,2H3/t8-/m1/s1. The molecule has 0 fully saturated rings. The molecule has 7 heteroatoms. The summed E-state index contributed by atoms with van der Waals surface area (Å²) in [5.41, 5.74) is 3.09. The van der Waals surface area contributed by atoms with E-state index in [1.54, 1.807) is 24.5 Å². The molecular weight excluding hydrogens is 387 g/mol. The molecule has 1 atom stereocenters.